The Labute approximate surface area is 148 Å². The summed E-state index contributed by atoms with van der Waals surface area (Å²) in [5.41, 5.74) is 0.351. The molecule has 0 saturated heterocycles. The first-order chi connectivity index (χ1) is 10.4. The molecule has 0 aliphatic heterocycles. The number of carbonyl (C=O) groups is 1. The summed E-state index contributed by atoms with van der Waals surface area (Å²) in [4.78, 5) is 12.8. The number of alkyl halides is 1. The minimum atomic E-state index is -0.0662. The highest BCUT2D eigenvalue weighted by atomic mass is 79.9. The van der Waals surface area contributed by atoms with E-state index >= 15 is 0 Å². The summed E-state index contributed by atoms with van der Waals surface area (Å²) in [5, 5.41) is 10.1. The highest BCUT2D eigenvalue weighted by molar-refractivity contribution is 9.10. The Hall–Kier alpha value is 0.0700. The van der Waals surface area contributed by atoms with E-state index < -0.39 is 0 Å². The van der Waals surface area contributed by atoms with E-state index in [1.807, 2.05) is 0 Å². The lowest BCUT2D eigenvalue weighted by Gasteiger charge is -2.60. The third-order valence-electron chi connectivity index (χ3n) is 8.34. The second-order valence-corrected chi connectivity index (χ2v) is 10.2. The monoisotopic (exact) mass is 386 g/mol. The average Bonchev–Trinajstić information content (AvgIpc) is 2.72. The molecular formula is C19H31BrO3. The lowest BCUT2D eigenvalue weighted by Crippen LogP contribution is -2.54. The van der Waals surface area contributed by atoms with Crippen LogP contribution >= 0.6 is 15.9 Å². The minimum absolute atomic E-state index is 0. The van der Waals surface area contributed by atoms with E-state index in [0.29, 0.717) is 23.0 Å². The Balaban J connectivity index is 0.00000156. The topological polar surface area (TPSA) is 68.8 Å². The first-order valence-corrected chi connectivity index (χ1v) is 10.1. The highest BCUT2D eigenvalue weighted by Gasteiger charge is 2.61. The van der Waals surface area contributed by atoms with E-state index in [2.05, 4.69) is 29.8 Å². The number of hydrogen-bond donors (Lipinski definition) is 1. The van der Waals surface area contributed by atoms with Gasteiger partial charge in [-0.25, -0.2) is 0 Å². The van der Waals surface area contributed by atoms with Crippen LogP contribution in [-0.4, -0.2) is 27.3 Å². The average molecular weight is 387 g/mol. The van der Waals surface area contributed by atoms with Gasteiger partial charge in [0.2, 0.25) is 0 Å². The van der Waals surface area contributed by atoms with Crippen molar-refractivity contribution in [2.24, 2.45) is 34.5 Å². The summed E-state index contributed by atoms with van der Waals surface area (Å²) in [6, 6.07) is 0. The fraction of sp³-hybridized carbons (Fsp3) is 0.947. The molecule has 0 spiro atoms. The van der Waals surface area contributed by atoms with Crippen LogP contribution in [0.1, 0.15) is 65.2 Å². The van der Waals surface area contributed by atoms with E-state index in [9.17, 15) is 9.90 Å². The van der Waals surface area contributed by atoms with Gasteiger partial charge in [0.15, 0.2) is 5.78 Å². The molecule has 8 atom stereocenters. The zero-order valence-electron chi connectivity index (χ0n) is 14.4. The first kappa shape index (κ1) is 17.9. The van der Waals surface area contributed by atoms with E-state index in [1.54, 1.807) is 0 Å². The number of aliphatic hydroxyl groups excluding tert-OH is 1. The van der Waals surface area contributed by atoms with E-state index in [-0.39, 0.29) is 21.8 Å². The molecule has 0 unspecified atom stereocenters. The van der Waals surface area contributed by atoms with Gasteiger partial charge in [0.25, 0.3) is 0 Å². The van der Waals surface area contributed by atoms with E-state index in [0.717, 1.165) is 37.5 Å². The van der Waals surface area contributed by atoms with Gasteiger partial charge in [0, 0.05) is 5.41 Å². The smallest absolute Gasteiger partial charge is 0.152 e. The Bertz CT molecular complexity index is 495. The quantitative estimate of drug-likeness (QED) is 0.647. The van der Waals surface area contributed by atoms with Crippen molar-refractivity contribution in [2.75, 3.05) is 0 Å². The number of Topliss-reactive ketones (excluding diaryl/α,β-unsaturated/α-hetero) is 1. The number of ketones is 1. The summed E-state index contributed by atoms with van der Waals surface area (Å²) in [6.07, 6.45) is 9.04. The van der Waals surface area contributed by atoms with Gasteiger partial charge in [-0.15, -0.1) is 0 Å². The van der Waals surface area contributed by atoms with Crippen LogP contribution in [0.5, 0.6) is 0 Å². The van der Waals surface area contributed by atoms with Crippen LogP contribution < -0.4 is 0 Å². The largest absolute Gasteiger partial charge is 0.412 e. The first-order valence-electron chi connectivity index (χ1n) is 9.23. The van der Waals surface area contributed by atoms with Crippen LogP contribution in [0.25, 0.3) is 0 Å². The van der Waals surface area contributed by atoms with Gasteiger partial charge in [0.1, 0.15) is 0 Å². The van der Waals surface area contributed by atoms with Gasteiger partial charge in [-0.05, 0) is 80.5 Å². The minimum Gasteiger partial charge on any atom is -0.412 e. The van der Waals surface area contributed by atoms with Crippen molar-refractivity contribution >= 4 is 21.7 Å². The normalized spacial score (nSPS) is 55.4. The zero-order valence-corrected chi connectivity index (χ0v) is 15.9. The molecule has 4 rings (SSSR count). The van der Waals surface area contributed by atoms with E-state index in [4.69, 9.17) is 0 Å². The van der Waals surface area contributed by atoms with Crippen molar-refractivity contribution in [1.82, 2.24) is 0 Å². The molecule has 4 aliphatic carbocycles. The maximum Gasteiger partial charge on any atom is 0.152 e. The van der Waals surface area contributed by atoms with Crippen LogP contribution in [0.2, 0.25) is 0 Å². The van der Waals surface area contributed by atoms with Crippen molar-refractivity contribution < 1.29 is 15.4 Å². The van der Waals surface area contributed by atoms with Crippen LogP contribution in [0.4, 0.5) is 0 Å². The van der Waals surface area contributed by atoms with Gasteiger partial charge in [-0.2, -0.15) is 0 Å². The third kappa shape index (κ3) is 2.38. The summed E-state index contributed by atoms with van der Waals surface area (Å²) < 4.78 is 0. The molecule has 3 N–H and O–H groups in total. The summed E-state index contributed by atoms with van der Waals surface area (Å²) in [5.74, 6) is 3.29. The van der Waals surface area contributed by atoms with Crippen LogP contribution in [0.15, 0.2) is 0 Å². The van der Waals surface area contributed by atoms with E-state index in [1.165, 1.54) is 25.7 Å². The van der Waals surface area contributed by atoms with Gasteiger partial charge >= 0.3 is 0 Å². The summed E-state index contributed by atoms with van der Waals surface area (Å²) >= 11 is 3.65. The summed E-state index contributed by atoms with van der Waals surface area (Å²) in [6.45, 7) is 4.75. The maximum atomic E-state index is 12.7. The molecule has 4 saturated carbocycles. The molecule has 0 amide bonds. The molecule has 0 bridgehead atoms. The highest BCUT2D eigenvalue weighted by Crippen LogP contribution is 2.65. The second kappa shape index (κ2) is 5.81. The number of aliphatic hydroxyl groups is 1. The van der Waals surface area contributed by atoms with Gasteiger partial charge in [0.05, 0.1) is 10.9 Å². The number of halogens is 1. The van der Waals surface area contributed by atoms with Crippen molar-refractivity contribution in [3.8, 4) is 0 Å². The SMILES string of the molecule is C[C@]12CC[C@H](O)C[C@@H]1CC[C@@H]1[C@@H]2CC[C@]2(C)C(=O)[C@H](Br)C[C@@H]12.O. The summed E-state index contributed by atoms with van der Waals surface area (Å²) in [7, 11) is 0. The molecule has 4 aliphatic rings. The van der Waals surface area contributed by atoms with Gasteiger partial charge in [-0.1, -0.05) is 29.8 Å². The molecule has 0 radical (unpaired) electrons. The molecular weight excluding hydrogens is 356 g/mol. The van der Waals surface area contributed by atoms with Crippen LogP contribution in [0.3, 0.4) is 0 Å². The fourth-order valence-electron chi connectivity index (χ4n) is 6.98. The molecule has 0 aromatic heterocycles. The van der Waals surface area contributed by atoms with Crippen molar-refractivity contribution in [1.29, 1.82) is 0 Å². The Morgan fingerprint density at radius 2 is 1.78 bits per heavy atom. The molecule has 23 heavy (non-hydrogen) atoms. The van der Waals surface area contributed by atoms with Gasteiger partial charge < -0.3 is 10.6 Å². The lowest BCUT2D eigenvalue weighted by molar-refractivity contribution is -0.142. The zero-order chi connectivity index (χ0) is 15.7. The van der Waals surface area contributed by atoms with Crippen molar-refractivity contribution in [3.63, 3.8) is 0 Å². The van der Waals surface area contributed by atoms with Crippen LogP contribution in [0, 0.1) is 34.5 Å². The number of carbonyl (C=O) groups excluding carboxylic acids is 1. The Morgan fingerprint density at radius 3 is 2.52 bits per heavy atom. The predicted molar refractivity (Wildman–Crippen MR) is 94.5 cm³/mol. The van der Waals surface area contributed by atoms with Gasteiger partial charge in [-0.3, -0.25) is 4.79 Å². The molecule has 0 aromatic carbocycles. The second-order valence-electron chi connectivity index (χ2n) is 9.11. The lowest BCUT2D eigenvalue weighted by atomic mass is 9.45. The van der Waals surface area contributed by atoms with Crippen molar-refractivity contribution in [2.45, 2.75) is 76.1 Å². The molecule has 3 nitrogen and oxygen atoms in total. The Morgan fingerprint density at radius 1 is 1.04 bits per heavy atom. The molecule has 0 aromatic rings. The van der Waals surface area contributed by atoms with Crippen molar-refractivity contribution in [3.05, 3.63) is 0 Å². The molecule has 0 heterocycles. The van der Waals surface area contributed by atoms with Crippen LogP contribution in [-0.2, 0) is 4.79 Å². The fourth-order valence-corrected chi connectivity index (χ4v) is 7.91. The number of rotatable bonds is 0. The number of fused-ring (bicyclic) bond motifs is 5. The number of hydrogen-bond acceptors (Lipinski definition) is 2. The maximum absolute atomic E-state index is 12.7. The third-order valence-corrected chi connectivity index (χ3v) is 9.13. The molecule has 132 valence electrons. The standard InChI is InChI=1S/C19H29BrO2.H2O/c1-18-7-5-12(21)9-11(18)3-4-13-14(18)6-8-19(2)15(13)10-16(20)17(19)22;/h11-16,21H,3-10H2,1-2H3;1H2/t11-,12-,13+,14-,15-,16+,18-,19-;/m0./s1. The molecule has 4 heteroatoms. The molecule has 4 fully saturated rings. The Kier molecular flexibility index (Phi) is 4.52. The predicted octanol–water partition coefficient (Wildman–Crippen LogP) is 3.51.